The van der Waals surface area contributed by atoms with Crippen LogP contribution in [0.4, 0.5) is 24.5 Å². The number of amides is 3. The Morgan fingerprint density at radius 3 is 2.49 bits per heavy atom. The fourth-order valence-corrected chi connectivity index (χ4v) is 7.83. The number of para-hydroxylation sites is 1. The maximum Gasteiger partial charge on any atom is 0.418 e. The molecule has 43 heavy (non-hydrogen) atoms. The van der Waals surface area contributed by atoms with Crippen molar-refractivity contribution in [3.63, 3.8) is 0 Å². The van der Waals surface area contributed by atoms with Crippen LogP contribution in [0.1, 0.15) is 21.9 Å². The van der Waals surface area contributed by atoms with E-state index in [1.165, 1.54) is 12.1 Å². The molecule has 2 N–H and O–H groups in total. The van der Waals surface area contributed by atoms with Crippen molar-refractivity contribution in [1.82, 2.24) is 4.98 Å². The zero-order valence-electron chi connectivity index (χ0n) is 21.7. The number of carbonyl (C=O) groups is 3. The minimum Gasteiger partial charge on any atom is -0.484 e. The molecule has 0 radical (unpaired) electrons. The summed E-state index contributed by atoms with van der Waals surface area (Å²) in [5, 5.41) is 2.36. The quantitative estimate of drug-likeness (QED) is 0.252. The highest BCUT2D eigenvalue weighted by atomic mass is 35.5. The van der Waals surface area contributed by atoms with Crippen LogP contribution in [0.15, 0.2) is 82.6 Å². The van der Waals surface area contributed by atoms with Crippen molar-refractivity contribution < 1.29 is 32.3 Å². The summed E-state index contributed by atoms with van der Waals surface area (Å²) in [5.41, 5.74) is -0.446. The van der Waals surface area contributed by atoms with Gasteiger partial charge in [-0.25, -0.2) is 4.90 Å². The number of ether oxygens (including phenoxy) is 1. The minimum absolute atomic E-state index is 0.210. The Morgan fingerprint density at radius 1 is 1.00 bits per heavy atom. The summed E-state index contributed by atoms with van der Waals surface area (Å²) in [7, 11) is 0. The second kappa shape index (κ2) is 11.2. The summed E-state index contributed by atoms with van der Waals surface area (Å²) < 4.78 is 45.5. The minimum atomic E-state index is -4.65. The number of halogens is 4. The molecule has 4 aromatic rings. The van der Waals surface area contributed by atoms with Gasteiger partial charge >= 0.3 is 11.0 Å². The van der Waals surface area contributed by atoms with Crippen molar-refractivity contribution >= 4 is 63.8 Å². The van der Waals surface area contributed by atoms with Gasteiger partial charge in [0.1, 0.15) is 11.0 Å². The van der Waals surface area contributed by atoms with E-state index in [9.17, 15) is 32.3 Å². The lowest BCUT2D eigenvalue weighted by Gasteiger charge is -2.30. The van der Waals surface area contributed by atoms with E-state index in [2.05, 4.69) is 10.3 Å². The lowest BCUT2D eigenvalue weighted by molar-refractivity contribution is -0.137. The van der Waals surface area contributed by atoms with Crippen molar-refractivity contribution in [3.8, 4) is 5.75 Å². The van der Waals surface area contributed by atoms with E-state index in [0.29, 0.717) is 26.2 Å². The Bertz CT molecular complexity index is 1810. The number of H-pyrrole nitrogens is 1. The monoisotopic (exact) mass is 645 g/mol. The van der Waals surface area contributed by atoms with Gasteiger partial charge < -0.3 is 15.0 Å². The maximum atomic E-state index is 13.8. The number of fused-ring (bicyclic) bond motifs is 2. The molecule has 2 aliphatic heterocycles. The van der Waals surface area contributed by atoms with E-state index in [0.717, 1.165) is 40.1 Å². The summed E-state index contributed by atoms with van der Waals surface area (Å²) >= 11 is 8.08. The number of nitrogens with one attached hydrogen (secondary N) is 2. The molecule has 1 aromatic heterocycles. The second-order valence-corrected chi connectivity index (χ2v) is 12.3. The predicted octanol–water partition coefficient (Wildman–Crippen LogP) is 5.92. The van der Waals surface area contributed by atoms with Crippen molar-refractivity contribution in [2.45, 2.75) is 22.4 Å². The molecule has 220 valence electrons. The molecule has 0 spiro atoms. The Kier molecular flexibility index (Phi) is 7.57. The molecule has 3 amide bonds. The van der Waals surface area contributed by atoms with Gasteiger partial charge in [-0.1, -0.05) is 59.0 Å². The normalized spacial score (nSPS) is 19.6. The van der Waals surface area contributed by atoms with Crippen LogP contribution in [-0.2, 0) is 20.6 Å². The Balaban J connectivity index is 1.27. The third-order valence-corrected chi connectivity index (χ3v) is 9.66. The van der Waals surface area contributed by atoms with Crippen molar-refractivity contribution in [3.05, 3.63) is 103 Å². The van der Waals surface area contributed by atoms with Crippen LogP contribution in [0.3, 0.4) is 0 Å². The van der Waals surface area contributed by atoms with Crippen molar-refractivity contribution in [2.75, 3.05) is 16.8 Å². The number of nitrogens with zero attached hydrogens (tertiary/aromatic N) is 1. The Morgan fingerprint density at radius 2 is 1.74 bits per heavy atom. The van der Waals surface area contributed by atoms with Crippen LogP contribution in [0.5, 0.6) is 5.75 Å². The molecule has 1 fully saturated rings. The molecule has 2 aliphatic rings. The molecule has 8 nitrogen and oxygen atoms in total. The number of hydrogen-bond donors (Lipinski definition) is 2. The van der Waals surface area contributed by atoms with Gasteiger partial charge in [-0.05, 0) is 54.1 Å². The van der Waals surface area contributed by atoms with Crippen LogP contribution < -0.4 is 19.8 Å². The molecule has 6 rings (SSSR count). The first-order valence-electron chi connectivity index (χ1n) is 12.7. The molecule has 0 saturated carbocycles. The first-order valence-corrected chi connectivity index (χ1v) is 14.8. The van der Waals surface area contributed by atoms with E-state index in [4.69, 9.17) is 16.3 Å². The van der Waals surface area contributed by atoms with Gasteiger partial charge in [-0.2, -0.15) is 13.2 Å². The van der Waals surface area contributed by atoms with Gasteiger partial charge in [0, 0.05) is 15.8 Å². The highest BCUT2D eigenvalue weighted by molar-refractivity contribution is 8.00. The maximum absolute atomic E-state index is 13.8. The number of carbonyl (C=O) groups excluding carboxylic acids is 3. The van der Waals surface area contributed by atoms with Gasteiger partial charge in [-0.3, -0.25) is 19.2 Å². The molecule has 2 unspecified atom stereocenters. The number of hydrogen-bond acceptors (Lipinski definition) is 7. The van der Waals surface area contributed by atoms with E-state index < -0.39 is 58.8 Å². The summed E-state index contributed by atoms with van der Waals surface area (Å²) in [4.78, 5) is 56.3. The third-order valence-electron chi connectivity index (χ3n) is 7.00. The zero-order chi connectivity index (χ0) is 30.5. The molecule has 3 heterocycles. The number of thiazole rings is 1. The van der Waals surface area contributed by atoms with Gasteiger partial charge in [0.2, 0.25) is 11.8 Å². The van der Waals surface area contributed by atoms with Gasteiger partial charge in [0.25, 0.3) is 5.91 Å². The van der Waals surface area contributed by atoms with E-state index in [-0.39, 0.29) is 10.6 Å². The Hall–Kier alpha value is -4.07. The van der Waals surface area contributed by atoms with E-state index in [1.54, 1.807) is 48.5 Å². The number of alkyl halides is 3. The van der Waals surface area contributed by atoms with Crippen LogP contribution >= 0.6 is 34.7 Å². The number of aromatic nitrogens is 1. The van der Waals surface area contributed by atoms with E-state index >= 15 is 0 Å². The standard InChI is InChI=1S/C29H19ClF3N3O5S2/c30-15-8-10-16(11-9-15)36-26(38)22-21(23-25(35-28(40)43-23)42-24(22)27(36)39)14-4-3-5-17(12-14)41-13-20(37)34-19-7-2-1-6-18(19)29(31,32)33/h1-12,21-22,24H,13H2,(H,34,37)(H,35,40)/t21-,22?,24?/m1/s1. The van der Waals surface area contributed by atoms with Crippen molar-refractivity contribution in [1.29, 1.82) is 0 Å². The molecular formula is C29H19ClF3N3O5S2. The fourth-order valence-electron chi connectivity index (χ4n) is 5.19. The zero-order valence-corrected chi connectivity index (χ0v) is 24.1. The molecule has 0 aliphatic carbocycles. The number of rotatable bonds is 6. The molecule has 1 saturated heterocycles. The number of aromatic amines is 1. The highest BCUT2D eigenvalue weighted by Gasteiger charge is 2.56. The van der Waals surface area contributed by atoms with Crippen LogP contribution in [0, 0.1) is 5.92 Å². The van der Waals surface area contributed by atoms with Crippen LogP contribution in [-0.4, -0.2) is 34.6 Å². The van der Waals surface area contributed by atoms with Gasteiger partial charge in [-0.15, -0.1) is 0 Å². The summed E-state index contributed by atoms with van der Waals surface area (Å²) in [5.74, 6) is -2.98. The number of anilines is 2. The topological polar surface area (TPSA) is 109 Å². The number of imide groups is 1. The molecule has 3 atom stereocenters. The van der Waals surface area contributed by atoms with Crippen molar-refractivity contribution in [2.24, 2.45) is 5.92 Å². The summed E-state index contributed by atoms with van der Waals surface area (Å²) in [6, 6.07) is 17.4. The molecular weight excluding hydrogens is 627 g/mol. The molecule has 14 heteroatoms. The largest absolute Gasteiger partial charge is 0.484 e. The number of benzene rings is 3. The fraction of sp³-hybridized carbons (Fsp3) is 0.172. The summed E-state index contributed by atoms with van der Waals surface area (Å²) in [6.07, 6.45) is -4.65. The van der Waals surface area contributed by atoms with Crippen LogP contribution in [0.25, 0.3) is 0 Å². The predicted molar refractivity (Wildman–Crippen MR) is 156 cm³/mol. The van der Waals surface area contributed by atoms with E-state index in [1.807, 2.05) is 0 Å². The smallest absolute Gasteiger partial charge is 0.418 e. The lowest BCUT2D eigenvalue weighted by atomic mass is 9.83. The summed E-state index contributed by atoms with van der Waals surface area (Å²) in [6.45, 7) is -0.591. The number of thioether (sulfide) groups is 1. The average molecular weight is 646 g/mol. The Labute approximate surface area is 254 Å². The first kappa shape index (κ1) is 29.0. The van der Waals surface area contributed by atoms with Gasteiger partial charge in [0.15, 0.2) is 6.61 Å². The first-order chi connectivity index (χ1) is 20.5. The average Bonchev–Trinajstić information content (AvgIpc) is 3.46. The lowest BCUT2D eigenvalue weighted by Crippen LogP contribution is -2.32. The highest BCUT2D eigenvalue weighted by Crippen LogP contribution is 2.53. The SMILES string of the molecule is O=C(COc1cccc([C@H]2c3sc(=O)[nH]c3SC3C(=O)N(c4ccc(Cl)cc4)C(=O)C32)c1)Nc1ccccc1C(F)(F)F. The molecule has 0 bridgehead atoms. The molecule has 3 aromatic carbocycles. The van der Waals surface area contributed by atoms with Crippen LogP contribution in [0.2, 0.25) is 5.02 Å². The van der Waals surface area contributed by atoms with Gasteiger partial charge in [0.05, 0.1) is 27.9 Å². The second-order valence-electron chi connectivity index (χ2n) is 9.69. The third kappa shape index (κ3) is 5.55.